The Kier molecular flexibility index (Phi) is 5.56. The van der Waals surface area contributed by atoms with Crippen LogP contribution in [0.1, 0.15) is 32.3 Å². The third-order valence-corrected chi connectivity index (χ3v) is 4.01. The summed E-state index contributed by atoms with van der Waals surface area (Å²) in [7, 11) is 0. The number of aliphatic hydroxyl groups is 1. The van der Waals surface area contributed by atoms with E-state index < -0.39 is 0 Å². The van der Waals surface area contributed by atoms with Gasteiger partial charge in [-0.05, 0) is 34.6 Å². The quantitative estimate of drug-likeness (QED) is 0.771. The van der Waals surface area contributed by atoms with Gasteiger partial charge in [0, 0.05) is 13.2 Å². The van der Waals surface area contributed by atoms with Crippen LogP contribution < -0.4 is 5.32 Å². The van der Waals surface area contributed by atoms with Crippen LogP contribution >= 0.6 is 0 Å². The Morgan fingerprint density at radius 2 is 1.86 bits per heavy atom. The number of hydrogen-bond donors (Lipinski definition) is 2. The molecule has 0 aromatic heterocycles. The summed E-state index contributed by atoms with van der Waals surface area (Å²) in [5, 5.41) is 14.5. The zero-order valence-electron chi connectivity index (χ0n) is 13.4. The molecule has 2 aromatic rings. The summed E-state index contributed by atoms with van der Waals surface area (Å²) in [5.74, 6) is 0.0538. The second-order valence-corrected chi connectivity index (χ2v) is 6.59. The highest BCUT2D eigenvalue weighted by molar-refractivity contribution is 5.90. The third-order valence-electron chi connectivity index (χ3n) is 4.01. The fourth-order valence-electron chi connectivity index (χ4n) is 2.56. The Bertz CT molecular complexity index is 629. The van der Waals surface area contributed by atoms with E-state index in [0.717, 1.165) is 29.2 Å². The van der Waals surface area contributed by atoms with Crippen LogP contribution in [0.5, 0.6) is 0 Å². The highest BCUT2D eigenvalue weighted by atomic mass is 16.3. The summed E-state index contributed by atoms with van der Waals surface area (Å²) in [6.07, 6.45) is 2.19. The van der Waals surface area contributed by atoms with Gasteiger partial charge in [-0.3, -0.25) is 4.79 Å². The van der Waals surface area contributed by atoms with Gasteiger partial charge in [0.1, 0.15) is 0 Å². The number of nitrogens with one attached hydrogen (secondary N) is 1. The van der Waals surface area contributed by atoms with Crippen LogP contribution in [-0.4, -0.2) is 24.2 Å². The number of aliphatic hydroxyl groups excluding tert-OH is 1. The SMILES string of the molecule is CC(C)(CO)CCCNC(=O)Cc1cccc2ccccc12. The maximum atomic E-state index is 12.1. The molecule has 1 amide bonds. The smallest absolute Gasteiger partial charge is 0.224 e. The van der Waals surface area contributed by atoms with Gasteiger partial charge in [-0.25, -0.2) is 0 Å². The minimum Gasteiger partial charge on any atom is -0.396 e. The summed E-state index contributed by atoms with van der Waals surface area (Å²) in [4.78, 5) is 12.1. The molecule has 0 heterocycles. The van der Waals surface area contributed by atoms with Crippen LogP contribution in [0.4, 0.5) is 0 Å². The summed E-state index contributed by atoms with van der Waals surface area (Å²) < 4.78 is 0. The number of benzene rings is 2. The summed E-state index contributed by atoms with van der Waals surface area (Å²) in [6.45, 7) is 4.90. The Labute approximate surface area is 132 Å². The first kappa shape index (κ1) is 16.5. The Hall–Kier alpha value is -1.87. The van der Waals surface area contributed by atoms with Crippen LogP contribution in [0, 0.1) is 5.41 Å². The standard InChI is InChI=1S/C19H25NO2/c1-19(2,14-21)11-6-12-20-18(22)13-16-9-5-8-15-7-3-4-10-17(15)16/h3-5,7-10,21H,6,11-14H2,1-2H3,(H,20,22). The average molecular weight is 299 g/mol. The molecule has 0 aliphatic rings. The fraction of sp³-hybridized carbons (Fsp3) is 0.421. The number of amides is 1. The summed E-state index contributed by atoms with van der Waals surface area (Å²) >= 11 is 0. The van der Waals surface area contributed by atoms with E-state index in [-0.39, 0.29) is 17.9 Å². The van der Waals surface area contributed by atoms with Gasteiger partial charge in [-0.1, -0.05) is 56.3 Å². The molecule has 0 aliphatic heterocycles. The molecule has 0 spiro atoms. The molecule has 2 aromatic carbocycles. The lowest BCUT2D eigenvalue weighted by molar-refractivity contribution is -0.120. The molecular weight excluding hydrogens is 274 g/mol. The number of hydrogen-bond acceptors (Lipinski definition) is 2. The number of fused-ring (bicyclic) bond motifs is 1. The average Bonchev–Trinajstić information content (AvgIpc) is 2.52. The van der Waals surface area contributed by atoms with Gasteiger partial charge >= 0.3 is 0 Å². The van der Waals surface area contributed by atoms with Crippen molar-refractivity contribution in [1.82, 2.24) is 5.32 Å². The van der Waals surface area contributed by atoms with Crippen molar-refractivity contribution >= 4 is 16.7 Å². The highest BCUT2D eigenvalue weighted by Gasteiger charge is 2.15. The lowest BCUT2D eigenvalue weighted by Crippen LogP contribution is -2.27. The minimum absolute atomic E-state index is 0.0538. The van der Waals surface area contributed by atoms with E-state index >= 15 is 0 Å². The van der Waals surface area contributed by atoms with Gasteiger partial charge in [0.05, 0.1) is 6.42 Å². The molecule has 2 N–H and O–H groups in total. The van der Waals surface area contributed by atoms with Crippen molar-refractivity contribution in [3.8, 4) is 0 Å². The molecule has 0 radical (unpaired) electrons. The normalized spacial score (nSPS) is 11.6. The predicted molar refractivity (Wildman–Crippen MR) is 90.8 cm³/mol. The maximum absolute atomic E-state index is 12.1. The predicted octanol–water partition coefficient (Wildman–Crippen LogP) is 3.30. The van der Waals surface area contributed by atoms with Gasteiger partial charge < -0.3 is 10.4 Å². The number of rotatable bonds is 7. The largest absolute Gasteiger partial charge is 0.396 e. The van der Waals surface area contributed by atoms with Crippen molar-refractivity contribution in [2.24, 2.45) is 5.41 Å². The lowest BCUT2D eigenvalue weighted by atomic mass is 9.89. The molecule has 0 atom stereocenters. The van der Waals surface area contributed by atoms with Crippen LogP contribution in [0.3, 0.4) is 0 Å². The maximum Gasteiger partial charge on any atom is 0.224 e. The van der Waals surface area contributed by atoms with Gasteiger partial charge in [-0.2, -0.15) is 0 Å². The lowest BCUT2D eigenvalue weighted by Gasteiger charge is -2.21. The molecule has 0 aliphatic carbocycles. The van der Waals surface area contributed by atoms with E-state index in [1.807, 2.05) is 38.1 Å². The molecule has 0 saturated carbocycles. The molecule has 3 heteroatoms. The number of carbonyl (C=O) groups excluding carboxylic acids is 1. The first-order valence-corrected chi connectivity index (χ1v) is 7.86. The summed E-state index contributed by atoms with van der Waals surface area (Å²) in [5.41, 5.74) is 0.992. The van der Waals surface area contributed by atoms with E-state index in [1.54, 1.807) is 0 Å². The molecule has 0 bridgehead atoms. The van der Waals surface area contributed by atoms with Gasteiger partial charge in [0.25, 0.3) is 0 Å². The van der Waals surface area contributed by atoms with Crippen LogP contribution in [-0.2, 0) is 11.2 Å². The van der Waals surface area contributed by atoms with Crippen molar-refractivity contribution in [2.75, 3.05) is 13.2 Å². The highest BCUT2D eigenvalue weighted by Crippen LogP contribution is 2.21. The molecule has 0 unspecified atom stereocenters. The zero-order chi connectivity index (χ0) is 16.0. The minimum atomic E-state index is -0.0691. The van der Waals surface area contributed by atoms with Crippen LogP contribution in [0.25, 0.3) is 10.8 Å². The van der Waals surface area contributed by atoms with E-state index in [0.29, 0.717) is 13.0 Å². The van der Waals surface area contributed by atoms with Crippen molar-refractivity contribution in [2.45, 2.75) is 33.1 Å². The van der Waals surface area contributed by atoms with Crippen LogP contribution in [0.15, 0.2) is 42.5 Å². The third kappa shape index (κ3) is 4.57. The topological polar surface area (TPSA) is 49.3 Å². The van der Waals surface area contributed by atoms with E-state index in [9.17, 15) is 9.90 Å². The zero-order valence-corrected chi connectivity index (χ0v) is 13.4. The second-order valence-electron chi connectivity index (χ2n) is 6.59. The van der Waals surface area contributed by atoms with E-state index in [2.05, 4.69) is 23.5 Å². The van der Waals surface area contributed by atoms with Gasteiger partial charge in [-0.15, -0.1) is 0 Å². The van der Waals surface area contributed by atoms with Crippen molar-refractivity contribution in [1.29, 1.82) is 0 Å². The van der Waals surface area contributed by atoms with Crippen molar-refractivity contribution < 1.29 is 9.90 Å². The van der Waals surface area contributed by atoms with Gasteiger partial charge in [0.2, 0.25) is 5.91 Å². The monoisotopic (exact) mass is 299 g/mol. The molecule has 0 fully saturated rings. The molecule has 2 rings (SSSR count). The van der Waals surface area contributed by atoms with Gasteiger partial charge in [0.15, 0.2) is 0 Å². The second kappa shape index (κ2) is 7.41. The number of carbonyl (C=O) groups is 1. The Morgan fingerprint density at radius 3 is 2.64 bits per heavy atom. The molecule has 3 nitrogen and oxygen atoms in total. The van der Waals surface area contributed by atoms with Crippen molar-refractivity contribution in [3.05, 3.63) is 48.0 Å². The molecular formula is C19H25NO2. The first-order valence-electron chi connectivity index (χ1n) is 7.86. The van der Waals surface area contributed by atoms with E-state index in [4.69, 9.17) is 0 Å². The molecule has 22 heavy (non-hydrogen) atoms. The molecule has 118 valence electrons. The van der Waals surface area contributed by atoms with Crippen LogP contribution in [0.2, 0.25) is 0 Å². The summed E-state index contributed by atoms with van der Waals surface area (Å²) in [6, 6.07) is 14.2. The first-order chi connectivity index (χ1) is 10.5. The molecule has 0 saturated heterocycles. The Balaban J connectivity index is 1.87. The van der Waals surface area contributed by atoms with Crippen molar-refractivity contribution in [3.63, 3.8) is 0 Å². The Morgan fingerprint density at radius 1 is 1.14 bits per heavy atom. The fourth-order valence-corrected chi connectivity index (χ4v) is 2.56. The van der Waals surface area contributed by atoms with E-state index in [1.165, 1.54) is 0 Å².